The molecular formula is C14H16BrFO2. The lowest BCUT2D eigenvalue weighted by Crippen LogP contribution is -2.25. The fourth-order valence-electron chi connectivity index (χ4n) is 2.42. The Bertz CT molecular complexity index is 447. The van der Waals surface area contributed by atoms with Crippen molar-refractivity contribution in [1.29, 1.82) is 0 Å². The molecule has 0 radical (unpaired) electrons. The summed E-state index contributed by atoms with van der Waals surface area (Å²) in [5, 5.41) is 0. The summed E-state index contributed by atoms with van der Waals surface area (Å²) in [6.07, 6.45) is 1.74. The van der Waals surface area contributed by atoms with E-state index in [1.807, 2.05) is 6.92 Å². The van der Waals surface area contributed by atoms with Crippen molar-refractivity contribution >= 4 is 21.7 Å². The summed E-state index contributed by atoms with van der Waals surface area (Å²) in [4.78, 5) is 12.2. The molecule has 1 aliphatic rings. The van der Waals surface area contributed by atoms with Gasteiger partial charge >= 0.3 is 0 Å². The first kappa shape index (κ1) is 13.7. The number of Topliss-reactive ketones (excluding diaryl/α,β-unsaturated/α-hetero) is 1. The van der Waals surface area contributed by atoms with Crippen molar-refractivity contribution < 1.29 is 13.9 Å². The van der Waals surface area contributed by atoms with Crippen LogP contribution < -0.4 is 0 Å². The zero-order valence-corrected chi connectivity index (χ0v) is 11.9. The largest absolute Gasteiger partial charge is 0.377 e. The number of carbonyl (C=O) groups excluding carboxylic acids is 1. The highest BCUT2D eigenvalue weighted by Gasteiger charge is 2.32. The third kappa shape index (κ3) is 2.98. The zero-order valence-electron chi connectivity index (χ0n) is 10.3. The third-order valence-corrected chi connectivity index (χ3v) is 3.89. The number of hydrogen-bond donors (Lipinski definition) is 0. The summed E-state index contributed by atoms with van der Waals surface area (Å²) < 4.78 is 19.9. The number of rotatable bonds is 4. The molecule has 2 unspecified atom stereocenters. The van der Waals surface area contributed by atoms with Crippen LogP contribution in [-0.2, 0) is 16.0 Å². The summed E-state index contributed by atoms with van der Waals surface area (Å²) in [6.45, 7) is 2.64. The Balaban J connectivity index is 2.09. The van der Waals surface area contributed by atoms with Crippen molar-refractivity contribution in [2.24, 2.45) is 5.92 Å². The second kappa shape index (κ2) is 5.93. The predicted molar refractivity (Wildman–Crippen MR) is 70.9 cm³/mol. The maximum absolute atomic E-state index is 13.6. The summed E-state index contributed by atoms with van der Waals surface area (Å²) >= 11 is 3.29. The predicted octanol–water partition coefficient (Wildman–Crippen LogP) is 3.51. The quantitative estimate of drug-likeness (QED) is 0.850. The number of halogens is 2. The lowest BCUT2D eigenvalue weighted by atomic mass is 9.91. The van der Waals surface area contributed by atoms with Crippen molar-refractivity contribution in [1.82, 2.24) is 0 Å². The van der Waals surface area contributed by atoms with Gasteiger partial charge in [0.05, 0.1) is 6.10 Å². The van der Waals surface area contributed by atoms with E-state index in [4.69, 9.17) is 4.74 Å². The fraction of sp³-hybridized carbons (Fsp3) is 0.500. The smallest absolute Gasteiger partial charge is 0.143 e. The molecule has 98 valence electrons. The van der Waals surface area contributed by atoms with Gasteiger partial charge in [0.15, 0.2) is 0 Å². The average molecular weight is 315 g/mol. The van der Waals surface area contributed by atoms with Crippen molar-refractivity contribution in [2.45, 2.75) is 32.3 Å². The molecule has 0 aromatic heterocycles. The summed E-state index contributed by atoms with van der Waals surface area (Å²) in [5.41, 5.74) is 0.455. The molecule has 0 spiro atoms. The van der Waals surface area contributed by atoms with E-state index in [1.54, 1.807) is 12.1 Å². The van der Waals surface area contributed by atoms with Crippen LogP contribution in [0.3, 0.4) is 0 Å². The van der Waals surface area contributed by atoms with Gasteiger partial charge in [0.2, 0.25) is 0 Å². The molecule has 4 heteroatoms. The Labute approximate surface area is 115 Å². The van der Waals surface area contributed by atoms with Gasteiger partial charge in [0.1, 0.15) is 11.6 Å². The van der Waals surface area contributed by atoms with E-state index in [2.05, 4.69) is 15.9 Å². The Morgan fingerprint density at radius 1 is 1.56 bits per heavy atom. The SMILES string of the molecule is CCC1OCCC1C(=O)Cc1cc(Br)ccc1F. The number of carbonyl (C=O) groups is 1. The van der Waals surface area contributed by atoms with Crippen LogP contribution in [0.15, 0.2) is 22.7 Å². The number of ketones is 1. The Hall–Kier alpha value is -0.740. The summed E-state index contributed by atoms with van der Waals surface area (Å²) in [6, 6.07) is 4.69. The van der Waals surface area contributed by atoms with Crippen LogP contribution in [0.1, 0.15) is 25.3 Å². The lowest BCUT2D eigenvalue weighted by Gasteiger charge is -2.15. The molecule has 2 atom stereocenters. The van der Waals surface area contributed by atoms with Crippen LogP contribution in [0.25, 0.3) is 0 Å². The first-order valence-electron chi connectivity index (χ1n) is 6.20. The van der Waals surface area contributed by atoms with Gasteiger partial charge in [-0.3, -0.25) is 4.79 Å². The molecule has 0 aliphatic carbocycles. The molecular weight excluding hydrogens is 299 g/mol. The molecule has 0 N–H and O–H groups in total. The molecule has 2 nitrogen and oxygen atoms in total. The van der Waals surface area contributed by atoms with Gasteiger partial charge in [-0.1, -0.05) is 22.9 Å². The minimum absolute atomic E-state index is 0.00714. The molecule has 1 aromatic rings. The van der Waals surface area contributed by atoms with E-state index in [0.717, 1.165) is 17.3 Å². The first-order chi connectivity index (χ1) is 8.61. The van der Waals surface area contributed by atoms with Crippen LogP contribution in [0.5, 0.6) is 0 Å². The third-order valence-electron chi connectivity index (χ3n) is 3.40. The minimum atomic E-state index is -0.321. The Morgan fingerprint density at radius 2 is 2.33 bits per heavy atom. The Kier molecular flexibility index (Phi) is 4.51. The van der Waals surface area contributed by atoms with E-state index in [-0.39, 0.29) is 30.0 Å². The highest BCUT2D eigenvalue weighted by molar-refractivity contribution is 9.10. The van der Waals surface area contributed by atoms with Crippen LogP contribution in [0.2, 0.25) is 0 Å². The standard InChI is InChI=1S/C14H16BrFO2/c1-2-14-11(5-6-18-14)13(17)8-9-7-10(15)3-4-12(9)16/h3-4,7,11,14H,2,5-6,8H2,1H3. The van der Waals surface area contributed by atoms with Gasteiger partial charge in [-0.15, -0.1) is 0 Å². The van der Waals surface area contributed by atoms with Crippen molar-refractivity contribution in [3.05, 3.63) is 34.1 Å². The van der Waals surface area contributed by atoms with E-state index in [9.17, 15) is 9.18 Å². The van der Waals surface area contributed by atoms with Crippen molar-refractivity contribution in [2.75, 3.05) is 6.61 Å². The summed E-state index contributed by atoms with van der Waals surface area (Å²) in [5.74, 6) is -0.316. The van der Waals surface area contributed by atoms with Crippen LogP contribution in [0, 0.1) is 11.7 Å². The number of hydrogen-bond acceptors (Lipinski definition) is 2. The molecule has 0 bridgehead atoms. The van der Waals surface area contributed by atoms with Gasteiger partial charge in [-0.2, -0.15) is 0 Å². The molecule has 1 heterocycles. The van der Waals surface area contributed by atoms with Gasteiger partial charge in [-0.25, -0.2) is 4.39 Å². The molecule has 0 saturated carbocycles. The van der Waals surface area contributed by atoms with Crippen molar-refractivity contribution in [3.8, 4) is 0 Å². The molecule has 1 aliphatic heterocycles. The molecule has 2 rings (SSSR count). The second-order valence-electron chi connectivity index (χ2n) is 4.59. The van der Waals surface area contributed by atoms with Crippen LogP contribution in [-0.4, -0.2) is 18.5 Å². The van der Waals surface area contributed by atoms with Crippen molar-refractivity contribution in [3.63, 3.8) is 0 Å². The van der Waals surface area contributed by atoms with E-state index in [1.165, 1.54) is 6.07 Å². The lowest BCUT2D eigenvalue weighted by molar-refractivity contribution is -0.123. The van der Waals surface area contributed by atoms with E-state index in [0.29, 0.717) is 12.2 Å². The maximum Gasteiger partial charge on any atom is 0.143 e. The maximum atomic E-state index is 13.6. The highest BCUT2D eigenvalue weighted by atomic mass is 79.9. The molecule has 18 heavy (non-hydrogen) atoms. The van der Waals surface area contributed by atoms with Gasteiger partial charge in [-0.05, 0) is 36.6 Å². The van der Waals surface area contributed by atoms with Gasteiger partial charge in [0.25, 0.3) is 0 Å². The second-order valence-corrected chi connectivity index (χ2v) is 5.51. The number of benzene rings is 1. The topological polar surface area (TPSA) is 26.3 Å². The Morgan fingerprint density at radius 3 is 3.06 bits per heavy atom. The minimum Gasteiger partial charge on any atom is -0.377 e. The van der Waals surface area contributed by atoms with Crippen LogP contribution >= 0.6 is 15.9 Å². The number of ether oxygens (including phenoxy) is 1. The molecule has 1 aromatic carbocycles. The molecule has 1 saturated heterocycles. The molecule has 1 fully saturated rings. The van der Waals surface area contributed by atoms with E-state index >= 15 is 0 Å². The average Bonchev–Trinajstić information content (AvgIpc) is 2.82. The first-order valence-corrected chi connectivity index (χ1v) is 6.99. The summed E-state index contributed by atoms with van der Waals surface area (Å²) in [7, 11) is 0. The normalized spacial score (nSPS) is 23.3. The fourth-order valence-corrected chi connectivity index (χ4v) is 2.83. The van der Waals surface area contributed by atoms with Gasteiger partial charge < -0.3 is 4.74 Å². The highest BCUT2D eigenvalue weighted by Crippen LogP contribution is 2.26. The molecule has 0 amide bonds. The van der Waals surface area contributed by atoms with Crippen LogP contribution in [0.4, 0.5) is 4.39 Å². The van der Waals surface area contributed by atoms with E-state index < -0.39 is 0 Å². The van der Waals surface area contributed by atoms with Gasteiger partial charge in [0, 0.05) is 23.4 Å². The zero-order chi connectivity index (χ0) is 13.1. The monoisotopic (exact) mass is 314 g/mol.